The summed E-state index contributed by atoms with van der Waals surface area (Å²) >= 11 is 0. The monoisotopic (exact) mass is 174 g/mol. The third kappa shape index (κ3) is 35.2. The number of hydrogen-bond donors (Lipinski definition) is 0. The first-order valence-electron chi connectivity index (χ1n) is 3.69. The molecule has 0 spiro atoms. The first-order chi connectivity index (χ1) is 5.77. The van der Waals surface area contributed by atoms with Crippen molar-refractivity contribution in [1.29, 1.82) is 0 Å². The van der Waals surface area contributed by atoms with E-state index in [1.54, 1.807) is 0 Å². The van der Waals surface area contributed by atoms with Crippen LogP contribution in [0, 0.1) is 6.65 Å². The van der Waals surface area contributed by atoms with Gasteiger partial charge in [0.2, 0.25) is 0 Å². The van der Waals surface area contributed by atoms with E-state index < -0.39 is 0 Å². The number of epoxide rings is 1. The van der Waals surface area contributed by atoms with E-state index in [0.29, 0.717) is 6.61 Å². The molecule has 1 rings (SSSR count). The Labute approximate surface area is 72.6 Å². The van der Waals surface area contributed by atoms with E-state index in [2.05, 4.69) is 16.1 Å². The molecule has 70 valence electrons. The van der Waals surface area contributed by atoms with Gasteiger partial charge in [0.05, 0.1) is 19.8 Å². The van der Waals surface area contributed by atoms with Gasteiger partial charge >= 0.3 is 17.3 Å². The summed E-state index contributed by atoms with van der Waals surface area (Å²) in [5, 5.41) is 0. The minimum atomic E-state index is -0.193. The SMILES string of the molecule is C1CO1.CCCOC(C)=O.[C-]#[O+]. The maximum atomic E-state index is 9.98. The van der Waals surface area contributed by atoms with E-state index in [9.17, 15) is 4.79 Å². The molecular weight excluding hydrogens is 160 g/mol. The summed E-state index contributed by atoms with van der Waals surface area (Å²) in [4.78, 5) is 9.98. The van der Waals surface area contributed by atoms with Crippen LogP contribution >= 0.6 is 0 Å². The van der Waals surface area contributed by atoms with Crippen molar-refractivity contribution in [2.45, 2.75) is 20.3 Å². The summed E-state index contributed by atoms with van der Waals surface area (Å²) in [5.74, 6) is -0.193. The zero-order valence-electron chi connectivity index (χ0n) is 7.46. The van der Waals surface area contributed by atoms with E-state index in [-0.39, 0.29) is 5.97 Å². The Hall–Kier alpha value is -0.830. The van der Waals surface area contributed by atoms with E-state index in [0.717, 1.165) is 19.6 Å². The average Bonchev–Trinajstić information content (AvgIpc) is 2.90. The van der Waals surface area contributed by atoms with Crippen LogP contribution in [0.2, 0.25) is 0 Å². The van der Waals surface area contributed by atoms with E-state index in [4.69, 9.17) is 4.65 Å². The van der Waals surface area contributed by atoms with Crippen LogP contribution in [0.3, 0.4) is 0 Å². The standard InChI is InChI=1S/C5H10O2.C2H4O.CO/c1-3-4-7-5(2)6;1-2-3-1;1-2/h3-4H2,1-2H3;1-2H2;. The Bertz CT molecular complexity index is 115. The predicted molar refractivity (Wildman–Crippen MR) is 41.7 cm³/mol. The van der Waals surface area contributed by atoms with Gasteiger partial charge in [-0.15, -0.1) is 0 Å². The van der Waals surface area contributed by atoms with Gasteiger partial charge < -0.3 is 9.47 Å². The molecule has 0 aromatic heterocycles. The molecule has 0 atom stereocenters. The second-order valence-corrected chi connectivity index (χ2v) is 1.95. The topological polar surface area (TPSA) is 58.7 Å². The van der Waals surface area contributed by atoms with Crippen LogP contribution in [-0.2, 0) is 18.9 Å². The van der Waals surface area contributed by atoms with Crippen molar-refractivity contribution in [3.8, 4) is 0 Å². The zero-order chi connectivity index (χ0) is 9.82. The molecule has 0 saturated carbocycles. The van der Waals surface area contributed by atoms with E-state index >= 15 is 0 Å². The third-order valence-electron chi connectivity index (χ3n) is 0.714. The zero-order valence-corrected chi connectivity index (χ0v) is 7.46. The van der Waals surface area contributed by atoms with Gasteiger partial charge in [0.25, 0.3) is 0 Å². The molecule has 12 heavy (non-hydrogen) atoms. The summed E-state index contributed by atoms with van der Waals surface area (Å²) in [6.07, 6.45) is 0.902. The van der Waals surface area contributed by atoms with Crippen LogP contribution in [0.1, 0.15) is 20.3 Å². The number of esters is 1. The summed E-state index contributed by atoms with van der Waals surface area (Å²) in [6.45, 7) is 10.4. The third-order valence-corrected chi connectivity index (χ3v) is 0.714. The molecule has 0 unspecified atom stereocenters. The average molecular weight is 174 g/mol. The minimum absolute atomic E-state index is 0.193. The van der Waals surface area contributed by atoms with Gasteiger partial charge in [-0.05, 0) is 6.42 Å². The number of hydrogen-bond acceptors (Lipinski definition) is 3. The molecule has 0 radical (unpaired) electrons. The fourth-order valence-corrected chi connectivity index (χ4v) is 0.246. The van der Waals surface area contributed by atoms with Crippen molar-refractivity contribution in [2.24, 2.45) is 0 Å². The normalized spacial score (nSPS) is 11.0. The Balaban J connectivity index is 0. The van der Waals surface area contributed by atoms with Gasteiger partial charge in [0.1, 0.15) is 0 Å². The molecule has 1 aliphatic heterocycles. The van der Waals surface area contributed by atoms with Gasteiger partial charge in [0.15, 0.2) is 0 Å². The van der Waals surface area contributed by atoms with Crippen LogP contribution in [0.25, 0.3) is 0 Å². The molecule has 0 aliphatic carbocycles. The Morgan fingerprint density at radius 2 is 2.00 bits per heavy atom. The van der Waals surface area contributed by atoms with Crippen molar-refractivity contribution >= 4 is 5.97 Å². The molecule has 0 aromatic carbocycles. The van der Waals surface area contributed by atoms with Crippen molar-refractivity contribution in [2.75, 3.05) is 19.8 Å². The maximum absolute atomic E-state index is 9.98. The first-order valence-corrected chi connectivity index (χ1v) is 3.69. The Kier molecular flexibility index (Phi) is 14.7. The summed E-state index contributed by atoms with van der Waals surface area (Å²) in [7, 11) is 0. The van der Waals surface area contributed by atoms with Gasteiger partial charge in [-0.3, -0.25) is 4.79 Å². The fourth-order valence-electron chi connectivity index (χ4n) is 0.246. The first kappa shape index (κ1) is 13.7. The number of carbonyl (C=O) groups excluding carboxylic acids is 1. The summed E-state index contributed by atoms with van der Waals surface area (Å²) in [6, 6.07) is 0. The number of ether oxygens (including phenoxy) is 2. The van der Waals surface area contributed by atoms with Crippen LogP contribution in [0.15, 0.2) is 0 Å². The molecule has 1 aliphatic rings. The molecule has 0 aromatic rings. The molecule has 1 saturated heterocycles. The van der Waals surface area contributed by atoms with Gasteiger partial charge in [-0.2, -0.15) is 0 Å². The van der Waals surface area contributed by atoms with Crippen molar-refractivity contribution < 1.29 is 18.9 Å². The molecule has 1 fully saturated rings. The van der Waals surface area contributed by atoms with Crippen molar-refractivity contribution in [3.05, 3.63) is 6.65 Å². The van der Waals surface area contributed by atoms with Gasteiger partial charge in [-0.1, -0.05) is 6.92 Å². The second-order valence-electron chi connectivity index (χ2n) is 1.95. The Morgan fingerprint density at radius 1 is 1.58 bits per heavy atom. The molecule has 0 bridgehead atoms. The molecular formula is C8H14O4. The Morgan fingerprint density at radius 3 is 2.08 bits per heavy atom. The second kappa shape index (κ2) is 12.8. The molecule has 4 nitrogen and oxygen atoms in total. The van der Waals surface area contributed by atoms with Gasteiger partial charge in [0, 0.05) is 6.92 Å². The van der Waals surface area contributed by atoms with E-state index in [1.165, 1.54) is 6.92 Å². The molecule has 1 heterocycles. The predicted octanol–water partition coefficient (Wildman–Crippen LogP) is 0.939. The van der Waals surface area contributed by atoms with Crippen molar-refractivity contribution in [1.82, 2.24) is 0 Å². The van der Waals surface area contributed by atoms with Gasteiger partial charge in [-0.25, -0.2) is 0 Å². The summed E-state index contributed by atoms with van der Waals surface area (Å²) < 4.78 is 16.6. The number of rotatable bonds is 2. The van der Waals surface area contributed by atoms with Crippen LogP contribution in [0.4, 0.5) is 0 Å². The summed E-state index contributed by atoms with van der Waals surface area (Å²) in [5.41, 5.74) is 0. The number of carbonyl (C=O) groups is 1. The molecule has 0 amide bonds. The quantitative estimate of drug-likeness (QED) is 0.271. The molecule has 0 N–H and O–H groups in total. The fraction of sp³-hybridized carbons (Fsp3) is 0.750. The van der Waals surface area contributed by atoms with E-state index in [1.807, 2.05) is 6.92 Å². The van der Waals surface area contributed by atoms with Crippen molar-refractivity contribution in [3.63, 3.8) is 0 Å². The molecule has 4 heteroatoms. The van der Waals surface area contributed by atoms with Crippen LogP contribution < -0.4 is 0 Å². The van der Waals surface area contributed by atoms with Crippen LogP contribution in [-0.4, -0.2) is 25.8 Å². The van der Waals surface area contributed by atoms with Crippen LogP contribution in [0.5, 0.6) is 0 Å².